The number of pyridine rings is 1. The minimum Gasteiger partial charge on any atom is -0.261 e. The van der Waals surface area contributed by atoms with Crippen LogP contribution in [-0.4, -0.2) is 11.5 Å². The van der Waals surface area contributed by atoms with Gasteiger partial charge in [-0.1, -0.05) is 11.2 Å². The predicted molar refractivity (Wildman–Crippen MR) is 58.5 cm³/mol. The van der Waals surface area contributed by atoms with Crippen molar-refractivity contribution in [2.75, 3.05) is 6.54 Å². The lowest BCUT2D eigenvalue weighted by Gasteiger charge is -2.00. The van der Waals surface area contributed by atoms with Gasteiger partial charge in [-0.3, -0.25) is 4.98 Å². The third-order valence-corrected chi connectivity index (χ3v) is 2.63. The molecular weight excluding hydrogens is 188 g/mol. The van der Waals surface area contributed by atoms with E-state index in [1.807, 2.05) is 6.20 Å². The maximum atomic E-state index is 8.11. The van der Waals surface area contributed by atoms with Gasteiger partial charge >= 0.3 is 0 Å². The van der Waals surface area contributed by atoms with Gasteiger partial charge in [0.15, 0.2) is 0 Å². The van der Waals surface area contributed by atoms with Gasteiger partial charge in [-0.15, -0.1) is 0 Å². The van der Waals surface area contributed by atoms with Crippen LogP contribution in [-0.2, 0) is 6.42 Å². The molecule has 0 saturated heterocycles. The van der Waals surface area contributed by atoms with Crippen LogP contribution < -0.4 is 0 Å². The van der Waals surface area contributed by atoms with Crippen molar-refractivity contribution >= 4 is 0 Å². The van der Waals surface area contributed by atoms with E-state index in [9.17, 15) is 0 Å². The molecule has 0 aliphatic heterocycles. The van der Waals surface area contributed by atoms with E-state index in [4.69, 9.17) is 5.53 Å². The van der Waals surface area contributed by atoms with E-state index in [0.717, 1.165) is 18.8 Å². The molecular formula is C11H14N4. The molecule has 0 N–H and O–H groups in total. The normalized spacial score (nSPS) is 14.7. The highest BCUT2D eigenvalue weighted by Gasteiger charge is 2.24. The molecule has 1 fully saturated rings. The van der Waals surface area contributed by atoms with Crippen molar-refractivity contribution < 1.29 is 0 Å². The number of rotatable bonds is 5. The summed E-state index contributed by atoms with van der Waals surface area (Å²) in [6.45, 7) is 0.570. The van der Waals surface area contributed by atoms with Gasteiger partial charge in [0.25, 0.3) is 0 Å². The molecule has 0 radical (unpaired) electrons. The second-order valence-corrected chi connectivity index (χ2v) is 3.92. The van der Waals surface area contributed by atoms with Crippen molar-refractivity contribution in [3.63, 3.8) is 0 Å². The number of nitrogens with zero attached hydrogens (tertiary/aromatic N) is 4. The Morgan fingerprint density at radius 1 is 1.47 bits per heavy atom. The van der Waals surface area contributed by atoms with Crippen molar-refractivity contribution in [1.29, 1.82) is 0 Å². The van der Waals surface area contributed by atoms with Gasteiger partial charge in [0, 0.05) is 29.3 Å². The molecule has 1 aromatic rings. The van der Waals surface area contributed by atoms with E-state index >= 15 is 0 Å². The molecule has 2 rings (SSSR count). The van der Waals surface area contributed by atoms with E-state index < -0.39 is 0 Å². The second-order valence-electron chi connectivity index (χ2n) is 3.92. The van der Waals surface area contributed by atoms with Crippen LogP contribution in [0.5, 0.6) is 0 Å². The van der Waals surface area contributed by atoms with Gasteiger partial charge in [0.2, 0.25) is 0 Å². The fourth-order valence-electron chi connectivity index (χ4n) is 1.60. The highest BCUT2D eigenvalue weighted by atomic mass is 15.1. The van der Waals surface area contributed by atoms with Gasteiger partial charge < -0.3 is 0 Å². The van der Waals surface area contributed by atoms with Crippen LogP contribution >= 0.6 is 0 Å². The Hall–Kier alpha value is -1.54. The average Bonchev–Trinajstić information content (AvgIpc) is 3.09. The zero-order chi connectivity index (χ0) is 10.5. The van der Waals surface area contributed by atoms with Crippen LogP contribution in [0, 0.1) is 0 Å². The van der Waals surface area contributed by atoms with Crippen molar-refractivity contribution in [3.05, 3.63) is 40.0 Å². The monoisotopic (exact) mass is 202 g/mol. The topological polar surface area (TPSA) is 61.7 Å². The summed E-state index contributed by atoms with van der Waals surface area (Å²) in [6, 6.07) is 4.26. The summed E-state index contributed by atoms with van der Waals surface area (Å²) < 4.78 is 0. The molecule has 1 aliphatic carbocycles. The maximum Gasteiger partial charge on any atom is 0.0434 e. The first-order chi connectivity index (χ1) is 7.40. The lowest BCUT2D eigenvalue weighted by molar-refractivity contribution is 0.820. The predicted octanol–water partition coefficient (Wildman–Crippen LogP) is 3.20. The molecule has 0 spiro atoms. The molecule has 1 saturated carbocycles. The van der Waals surface area contributed by atoms with Crippen molar-refractivity contribution in [3.8, 4) is 0 Å². The molecule has 1 aromatic heterocycles. The summed E-state index contributed by atoms with van der Waals surface area (Å²) in [4.78, 5) is 7.16. The fraction of sp³-hybridized carbons (Fsp3) is 0.545. The van der Waals surface area contributed by atoms with Gasteiger partial charge in [-0.25, -0.2) is 0 Å². The molecule has 0 atom stereocenters. The van der Waals surface area contributed by atoms with Gasteiger partial charge in [0.05, 0.1) is 0 Å². The summed E-state index contributed by atoms with van der Waals surface area (Å²) >= 11 is 0. The van der Waals surface area contributed by atoms with E-state index in [0.29, 0.717) is 6.54 Å². The van der Waals surface area contributed by atoms with E-state index in [1.165, 1.54) is 24.1 Å². The third-order valence-electron chi connectivity index (χ3n) is 2.63. The third kappa shape index (κ3) is 2.96. The first-order valence-corrected chi connectivity index (χ1v) is 5.36. The largest absolute Gasteiger partial charge is 0.261 e. The minimum absolute atomic E-state index is 0.570. The van der Waals surface area contributed by atoms with E-state index in [-0.39, 0.29) is 0 Å². The van der Waals surface area contributed by atoms with Crippen LogP contribution in [0.25, 0.3) is 10.4 Å². The smallest absolute Gasteiger partial charge is 0.0434 e. The Bertz CT molecular complexity index is 361. The van der Waals surface area contributed by atoms with Gasteiger partial charge in [0.1, 0.15) is 0 Å². The highest BCUT2D eigenvalue weighted by molar-refractivity contribution is 5.19. The standard InChI is InChI=1S/C11H14N4/c12-15-14-7-1-2-9-3-6-11(13-8-9)10-4-5-10/h3,6,8,10H,1-2,4-5,7H2. The van der Waals surface area contributed by atoms with Crippen molar-refractivity contribution in [2.24, 2.45) is 5.11 Å². The van der Waals surface area contributed by atoms with Gasteiger partial charge in [-0.2, -0.15) is 0 Å². The first-order valence-electron chi connectivity index (χ1n) is 5.36. The summed E-state index contributed by atoms with van der Waals surface area (Å²) in [6.07, 6.45) is 6.38. The molecule has 0 bridgehead atoms. The second kappa shape index (κ2) is 4.80. The van der Waals surface area contributed by atoms with Crippen molar-refractivity contribution in [2.45, 2.75) is 31.6 Å². The Labute approximate surface area is 89.0 Å². The molecule has 78 valence electrons. The molecule has 1 heterocycles. The lowest BCUT2D eigenvalue weighted by Crippen LogP contribution is -1.91. The van der Waals surface area contributed by atoms with E-state index in [1.54, 1.807) is 0 Å². The van der Waals surface area contributed by atoms with E-state index in [2.05, 4.69) is 27.1 Å². The molecule has 15 heavy (non-hydrogen) atoms. The molecule has 1 aliphatic rings. The molecule has 4 nitrogen and oxygen atoms in total. The average molecular weight is 202 g/mol. The summed E-state index contributed by atoms with van der Waals surface area (Å²) in [5.74, 6) is 0.724. The zero-order valence-electron chi connectivity index (χ0n) is 8.63. The highest BCUT2D eigenvalue weighted by Crippen LogP contribution is 2.38. The number of hydrogen-bond acceptors (Lipinski definition) is 2. The van der Waals surface area contributed by atoms with Gasteiger partial charge in [-0.05, 0) is 42.8 Å². The number of azide groups is 1. The quantitative estimate of drug-likeness (QED) is 0.313. The Kier molecular flexibility index (Phi) is 3.20. The van der Waals surface area contributed by atoms with Crippen molar-refractivity contribution in [1.82, 2.24) is 4.98 Å². The SMILES string of the molecule is [N-]=[N+]=NCCCc1ccc(C2CC2)nc1. The van der Waals surface area contributed by atoms with Crippen LogP contribution in [0.1, 0.15) is 36.4 Å². The molecule has 0 amide bonds. The number of aryl methyl sites for hydroxylation is 1. The molecule has 0 aromatic carbocycles. The number of aromatic nitrogens is 1. The maximum absolute atomic E-state index is 8.11. The zero-order valence-corrected chi connectivity index (χ0v) is 8.63. The summed E-state index contributed by atoms with van der Waals surface area (Å²) in [7, 11) is 0. The first kappa shape index (κ1) is 9.99. The van der Waals surface area contributed by atoms with Crippen LogP contribution in [0.3, 0.4) is 0 Å². The Morgan fingerprint density at radius 3 is 2.93 bits per heavy atom. The number of hydrogen-bond donors (Lipinski definition) is 0. The molecule has 0 unspecified atom stereocenters. The minimum atomic E-state index is 0.570. The summed E-state index contributed by atoms with van der Waals surface area (Å²) in [5, 5.41) is 3.50. The van der Waals surface area contributed by atoms with Crippen LogP contribution in [0.15, 0.2) is 23.4 Å². The van der Waals surface area contributed by atoms with Crippen LogP contribution in [0.2, 0.25) is 0 Å². The fourth-order valence-corrected chi connectivity index (χ4v) is 1.60. The van der Waals surface area contributed by atoms with Crippen LogP contribution in [0.4, 0.5) is 0 Å². The summed E-state index contributed by atoms with van der Waals surface area (Å²) in [5.41, 5.74) is 10.6. The lowest BCUT2D eigenvalue weighted by atomic mass is 10.1. The Morgan fingerprint density at radius 2 is 2.33 bits per heavy atom. The Balaban J connectivity index is 1.83. The molecule has 4 heteroatoms.